The van der Waals surface area contributed by atoms with Crippen molar-refractivity contribution in [2.45, 2.75) is 0 Å². The Morgan fingerprint density at radius 2 is 2.38 bits per heavy atom. The Morgan fingerprint density at radius 3 is 3.00 bits per heavy atom. The Bertz CT molecular complexity index is 476. The third-order valence-electron chi connectivity index (χ3n) is 1.75. The van der Waals surface area contributed by atoms with E-state index in [4.69, 9.17) is 5.11 Å². The van der Waals surface area contributed by atoms with Gasteiger partial charge in [-0.05, 0) is 0 Å². The second-order valence-electron chi connectivity index (χ2n) is 2.53. The largest absolute Gasteiger partial charge is 0.475 e. The van der Waals surface area contributed by atoms with Gasteiger partial charge in [0.1, 0.15) is 11.8 Å². The monoisotopic (exact) mass is 178 g/mol. The number of hydrogen-bond donors (Lipinski definition) is 1. The van der Waals surface area contributed by atoms with E-state index in [1.54, 1.807) is 7.05 Å². The molecular weight excluding hydrogens is 172 g/mol. The summed E-state index contributed by atoms with van der Waals surface area (Å²) in [6, 6.07) is 0. The number of aromatic carboxylic acids is 1. The first kappa shape index (κ1) is 7.66. The van der Waals surface area contributed by atoms with Crippen LogP contribution in [-0.2, 0) is 7.05 Å². The standard InChI is InChI=1S/C7H6N4O2/c1-11-4-2-8-3-9-5(4)10-6(11)7(12)13/h2-3H,1H3,(H,12,13). The third kappa shape index (κ3) is 1.03. The van der Waals surface area contributed by atoms with Gasteiger partial charge in [-0.15, -0.1) is 0 Å². The molecule has 0 spiro atoms. The Balaban J connectivity index is 2.81. The van der Waals surface area contributed by atoms with Gasteiger partial charge in [-0.2, -0.15) is 0 Å². The smallest absolute Gasteiger partial charge is 0.372 e. The number of carboxylic acid groups (broad SMARTS) is 1. The summed E-state index contributed by atoms with van der Waals surface area (Å²) in [6.07, 6.45) is 2.86. The van der Waals surface area contributed by atoms with Gasteiger partial charge in [0.05, 0.1) is 6.20 Å². The molecule has 0 amide bonds. The molecule has 0 aliphatic carbocycles. The first-order valence-electron chi connectivity index (χ1n) is 3.56. The minimum Gasteiger partial charge on any atom is -0.475 e. The predicted octanol–water partition coefficient (Wildman–Crippen LogP) is 0.0615. The Morgan fingerprint density at radius 1 is 1.62 bits per heavy atom. The highest BCUT2D eigenvalue weighted by Gasteiger charge is 2.13. The molecule has 0 saturated carbocycles. The Hall–Kier alpha value is -1.98. The molecule has 0 unspecified atom stereocenters. The van der Waals surface area contributed by atoms with Crippen LogP contribution >= 0.6 is 0 Å². The molecule has 13 heavy (non-hydrogen) atoms. The van der Waals surface area contributed by atoms with Crippen molar-refractivity contribution in [1.82, 2.24) is 19.5 Å². The molecule has 2 heterocycles. The highest BCUT2D eigenvalue weighted by molar-refractivity contribution is 5.88. The van der Waals surface area contributed by atoms with Gasteiger partial charge in [0, 0.05) is 7.05 Å². The number of nitrogens with zero attached hydrogens (tertiary/aromatic N) is 4. The van der Waals surface area contributed by atoms with Crippen LogP contribution in [0.5, 0.6) is 0 Å². The molecule has 2 aromatic heterocycles. The molecule has 6 nitrogen and oxygen atoms in total. The van der Waals surface area contributed by atoms with E-state index in [-0.39, 0.29) is 5.82 Å². The van der Waals surface area contributed by atoms with Crippen LogP contribution in [0.25, 0.3) is 11.2 Å². The predicted molar refractivity (Wildman–Crippen MR) is 43.3 cm³/mol. The molecule has 1 N–H and O–H groups in total. The van der Waals surface area contributed by atoms with E-state index in [2.05, 4.69) is 15.0 Å². The van der Waals surface area contributed by atoms with Gasteiger partial charge in [0.15, 0.2) is 5.65 Å². The normalized spacial score (nSPS) is 10.5. The number of rotatable bonds is 1. The maximum atomic E-state index is 10.7. The van der Waals surface area contributed by atoms with Gasteiger partial charge in [-0.25, -0.2) is 19.7 Å². The zero-order valence-electron chi connectivity index (χ0n) is 6.80. The molecule has 0 atom stereocenters. The van der Waals surface area contributed by atoms with E-state index in [1.807, 2.05) is 0 Å². The number of hydrogen-bond acceptors (Lipinski definition) is 4. The SMILES string of the molecule is Cn1c(C(=O)O)nc2ncncc21. The summed E-state index contributed by atoms with van der Waals surface area (Å²) >= 11 is 0. The van der Waals surface area contributed by atoms with Crippen molar-refractivity contribution < 1.29 is 9.90 Å². The van der Waals surface area contributed by atoms with Crippen LogP contribution in [0, 0.1) is 0 Å². The summed E-state index contributed by atoms with van der Waals surface area (Å²) in [7, 11) is 1.61. The minimum atomic E-state index is -1.07. The van der Waals surface area contributed by atoms with Crippen LogP contribution in [0.15, 0.2) is 12.5 Å². The van der Waals surface area contributed by atoms with E-state index >= 15 is 0 Å². The molecule has 6 heteroatoms. The zero-order valence-corrected chi connectivity index (χ0v) is 6.80. The number of carboxylic acids is 1. The molecule has 66 valence electrons. The van der Waals surface area contributed by atoms with Crippen molar-refractivity contribution in [2.75, 3.05) is 0 Å². The van der Waals surface area contributed by atoms with Gasteiger partial charge in [0.25, 0.3) is 0 Å². The molecule has 2 rings (SSSR count). The summed E-state index contributed by atoms with van der Waals surface area (Å²) < 4.78 is 1.44. The average Bonchev–Trinajstić information content (AvgIpc) is 2.45. The van der Waals surface area contributed by atoms with E-state index in [9.17, 15) is 4.79 Å². The van der Waals surface area contributed by atoms with Gasteiger partial charge < -0.3 is 9.67 Å². The summed E-state index contributed by atoms with van der Waals surface area (Å²) in [4.78, 5) is 22.1. The van der Waals surface area contributed by atoms with Crippen molar-refractivity contribution in [3.8, 4) is 0 Å². The van der Waals surface area contributed by atoms with Crippen molar-refractivity contribution >= 4 is 17.1 Å². The van der Waals surface area contributed by atoms with Crippen LogP contribution in [0.2, 0.25) is 0 Å². The van der Waals surface area contributed by atoms with Crippen LogP contribution in [0.4, 0.5) is 0 Å². The van der Waals surface area contributed by atoms with Crippen LogP contribution < -0.4 is 0 Å². The molecule has 0 aliphatic heterocycles. The molecule has 0 aromatic carbocycles. The summed E-state index contributed by atoms with van der Waals surface area (Å²) in [5.41, 5.74) is 1.01. The lowest BCUT2D eigenvalue weighted by molar-refractivity contribution is 0.0680. The number of imidazole rings is 1. The fourth-order valence-corrected chi connectivity index (χ4v) is 1.12. The Kier molecular flexibility index (Phi) is 1.48. The number of aryl methyl sites for hydroxylation is 1. The lowest BCUT2D eigenvalue weighted by Crippen LogP contribution is -2.05. The van der Waals surface area contributed by atoms with E-state index in [0.717, 1.165) is 0 Å². The van der Waals surface area contributed by atoms with Crippen LogP contribution in [0.1, 0.15) is 10.6 Å². The molecular formula is C7H6N4O2. The first-order valence-corrected chi connectivity index (χ1v) is 3.56. The van der Waals surface area contributed by atoms with Crippen molar-refractivity contribution in [3.63, 3.8) is 0 Å². The summed E-state index contributed by atoms with van der Waals surface area (Å²) in [5.74, 6) is -1.10. The van der Waals surface area contributed by atoms with Gasteiger partial charge in [0.2, 0.25) is 5.82 Å². The molecule has 0 radical (unpaired) electrons. The van der Waals surface area contributed by atoms with Crippen molar-refractivity contribution in [1.29, 1.82) is 0 Å². The highest BCUT2D eigenvalue weighted by atomic mass is 16.4. The maximum Gasteiger partial charge on any atom is 0.372 e. The second kappa shape index (κ2) is 2.51. The number of aromatic nitrogens is 4. The third-order valence-corrected chi connectivity index (χ3v) is 1.75. The maximum absolute atomic E-state index is 10.7. The molecule has 0 fully saturated rings. The van der Waals surface area contributed by atoms with E-state index in [1.165, 1.54) is 17.1 Å². The quantitative estimate of drug-likeness (QED) is 0.667. The van der Waals surface area contributed by atoms with Gasteiger partial charge in [-0.1, -0.05) is 0 Å². The minimum absolute atomic E-state index is 0.0319. The van der Waals surface area contributed by atoms with Crippen molar-refractivity contribution in [2.24, 2.45) is 7.05 Å². The molecule has 2 aromatic rings. The molecule has 0 saturated heterocycles. The fourth-order valence-electron chi connectivity index (χ4n) is 1.12. The lowest BCUT2D eigenvalue weighted by atomic mass is 10.5. The molecule has 0 bridgehead atoms. The van der Waals surface area contributed by atoms with E-state index in [0.29, 0.717) is 11.2 Å². The van der Waals surface area contributed by atoms with E-state index < -0.39 is 5.97 Å². The second-order valence-corrected chi connectivity index (χ2v) is 2.53. The zero-order chi connectivity index (χ0) is 9.42. The van der Waals surface area contributed by atoms with Crippen LogP contribution in [-0.4, -0.2) is 30.6 Å². The van der Waals surface area contributed by atoms with Crippen LogP contribution in [0.3, 0.4) is 0 Å². The average molecular weight is 178 g/mol. The topological polar surface area (TPSA) is 80.9 Å². The first-order chi connectivity index (χ1) is 6.20. The lowest BCUT2D eigenvalue weighted by Gasteiger charge is -1.94. The van der Waals surface area contributed by atoms with Crippen molar-refractivity contribution in [3.05, 3.63) is 18.3 Å². The summed E-state index contributed by atoms with van der Waals surface area (Å²) in [6.45, 7) is 0. The fraction of sp³-hybridized carbons (Fsp3) is 0.143. The summed E-state index contributed by atoms with van der Waals surface area (Å²) in [5, 5.41) is 8.74. The Labute approximate surface area is 72.9 Å². The highest BCUT2D eigenvalue weighted by Crippen LogP contribution is 2.09. The number of carbonyl (C=O) groups is 1. The van der Waals surface area contributed by atoms with Gasteiger partial charge >= 0.3 is 5.97 Å². The number of fused-ring (bicyclic) bond motifs is 1. The van der Waals surface area contributed by atoms with Gasteiger partial charge in [-0.3, -0.25) is 0 Å². The molecule has 0 aliphatic rings.